The molecule has 1 aromatic heterocycles. The van der Waals surface area contributed by atoms with E-state index in [0.29, 0.717) is 5.89 Å². The van der Waals surface area contributed by atoms with Crippen molar-refractivity contribution in [2.75, 3.05) is 12.3 Å². The molecule has 0 unspecified atom stereocenters. The molecule has 21 heavy (non-hydrogen) atoms. The van der Waals surface area contributed by atoms with Crippen LogP contribution >= 0.6 is 11.8 Å². The molecule has 4 nitrogen and oxygen atoms in total. The molecule has 2 aliphatic rings. The van der Waals surface area contributed by atoms with Gasteiger partial charge in [-0.2, -0.15) is 16.7 Å². The number of aromatic nitrogens is 2. The average Bonchev–Trinajstić information content (AvgIpc) is 3.15. The highest BCUT2D eigenvalue weighted by Crippen LogP contribution is 2.37. The summed E-state index contributed by atoms with van der Waals surface area (Å²) in [7, 11) is 0. The molecule has 1 N–H and O–H groups in total. The molecule has 0 amide bonds. The molecule has 2 saturated carbocycles. The van der Waals surface area contributed by atoms with Crippen molar-refractivity contribution in [1.82, 2.24) is 15.5 Å². The van der Waals surface area contributed by atoms with Crippen LogP contribution in [0.4, 0.5) is 0 Å². The Kier molecular flexibility index (Phi) is 5.22. The zero-order valence-corrected chi connectivity index (χ0v) is 13.9. The van der Waals surface area contributed by atoms with Crippen molar-refractivity contribution in [3.63, 3.8) is 0 Å². The van der Waals surface area contributed by atoms with E-state index in [2.05, 4.69) is 27.2 Å². The minimum atomic E-state index is -0.0229. The maximum absolute atomic E-state index is 5.20. The first kappa shape index (κ1) is 15.3. The maximum Gasteiger partial charge on any atom is 0.223 e. The van der Waals surface area contributed by atoms with Gasteiger partial charge in [-0.25, -0.2) is 0 Å². The van der Waals surface area contributed by atoms with Gasteiger partial charge in [0.05, 0.1) is 5.54 Å². The number of nitrogens with zero attached hydrogens (tertiary/aromatic N) is 2. The van der Waals surface area contributed by atoms with Gasteiger partial charge in [0.2, 0.25) is 5.89 Å². The lowest BCUT2D eigenvalue weighted by Gasteiger charge is -2.27. The van der Waals surface area contributed by atoms with E-state index in [0.717, 1.165) is 30.5 Å². The minimum absolute atomic E-state index is 0.0229. The van der Waals surface area contributed by atoms with Crippen molar-refractivity contribution in [3.05, 3.63) is 11.7 Å². The summed E-state index contributed by atoms with van der Waals surface area (Å²) in [6.07, 6.45) is 11.9. The lowest BCUT2D eigenvalue weighted by molar-refractivity contribution is 0.306. The van der Waals surface area contributed by atoms with Crippen molar-refractivity contribution in [2.45, 2.75) is 75.5 Å². The van der Waals surface area contributed by atoms with Gasteiger partial charge >= 0.3 is 0 Å². The standard InChI is InChI=1S/C16H27N3OS/c1-13-18-15(19-20-13)16(9-5-6-10-16)17-11-12-21-14-7-3-2-4-8-14/h14,17H,2-12H2,1H3. The van der Waals surface area contributed by atoms with E-state index in [4.69, 9.17) is 4.52 Å². The molecular formula is C16H27N3OS. The zero-order chi connectivity index (χ0) is 14.5. The smallest absolute Gasteiger partial charge is 0.223 e. The molecule has 1 heterocycles. The van der Waals surface area contributed by atoms with Crippen LogP contribution in [0.15, 0.2) is 4.52 Å². The van der Waals surface area contributed by atoms with Crippen molar-refractivity contribution in [1.29, 1.82) is 0 Å². The second-order valence-electron chi connectivity index (χ2n) is 6.48. The summed E-state index contributed by atoms with van der Waals surface area (Å²) in [5.41, 5.74) is -0.0229. The van der Waals surface area contributed by atoms with Crippen LogP contribution in [0.1, 0.15) is 69.5 Å². The van der Waals surface area contributed by atoms with E-state index < -0.39 is 0 Å². The van der Waals surface area contributed by atoms with E-state index in [-0.39, 0.29) is 5.54 Å². The van der Waals surface area contributed by atoms with Gasteiger partial charge in [0.1, 0.15) is 0 Å². The predicted octanol–water partition coefficient (Wildman–Crippen LogP) is 3.80. The Hall–Kier alpha value is -0.550. The summed E-state index contributed by atoms with van der Waals surface area (Å²) in [4.78, 5) is 4.49. The van der Waals surface area contributed by atoms with Crippen LogP contribution in [0, 0.1) is 6.92 Å². The average molecular weight is 309 g/mol. The Bertz CT molecular complexity index is 436. The summed E-state index contributed by atoms with van der Waals surface area (Å²) >= 11 is 2.15. The molecule has 118 valence electrons. The zero-order valence-electron chi connectivity index (χ0n) is 13.1. The van der Waals surface area contributed by atoms with Crippen molar-refractivity contribution >= 4 is 11.8 Å². The fourth-order valence-corrected chi connectivity index (χ4v) is 4.92. The summed E-state index contributed by atoms with van der Waals surface area (Å²) in [5.74, 6) is 2.75. The fraction of sp³-hybridized carbons (Fsp3) is 0.875. The molecule has 1 aromatic rings. The van der Waals surface area contributed by atoms with Gasteiger partial charge in [0, 0.05) is 24.5 Å². The highest BCUT2D eigenvalue weighted by molar-refractivity contribution is 7.99. The van der Waals surface area contributed by atoms with E-state index in [1.54, 1.807) is 0 Å². The molecule has 2 aliphatic carbocycles. The Labute approximate surface area is 131 Å². The number of nitrogens with one attached hydrogen (secondary N) is 1. The van der Waals surface area contributed by atoms with Gasteiger partial charge in [-0.05, 0) is 25.7 Å². The van der Waals surface area contributed by atoms with Gasteiger partial charge in [-0.1, -0.05) is 37.3 Å². The number of thioether (sulfide) groups is 1. The summed E-state index contributed by atoms with van der Waals surface area (Å²) < 4.78 is 5.20. The van der Waals surface area contributed by atoms with Crippen LogP contribution in [0.3, 0.4) is 0 Å². The predicted molar refractivity (Wildman–Crippen MR) is 86.5 cm³/mol. The van der Waals surface area contributed by atoms with Crippen LogP contribution < -0.4 is 5.32 Å². The largest absolute Gasteiger partial charge is 0.340 e. The molecule has 3 rings (SSSR count). The second kappa shape index (κ2) is 7.14. The third kappa shape index (κ3) is 3.81. The van der Waals surface area contributed by atoms with Crippen LogP contribution in [0.25, 0.3) is 0 Å². The van der Waals surface area contributed by atoms with Crippen LogP contribution in [0.5, 0.6) is 0 Å². The Morgan fingerprint density at radius 2 is 1.95 bits per heavy atom. The SMILES string of the molecule is Cc1nc(C2(NCCSC3CCCCC3)CCCC2)no1. The third-order valence-corrected chi connectivity index (χ3v) is 6.27. The van der Waals surface area contributed by atoms with Gasteiger partial charge < -0.3 is 9.84 Å². The monoisotopic (exact) mass is 309 g/mol. The van der Waals surface area contributed by atoms with Crippen LogP contribution in [-0.4, -0.2) is 27.7 Å². The Balaban J connectivity index is 1.49. The molecule has 0 spiro atoms. The molecule has 0 aromatic carbocycles. The first-order chi connectivity index (χ1) is 10.3. The quantitative estimate of drug-likeness (QED) is 0.810. The van der Waals surface area contributed by atoms with Gasteiger partial charge in [-0.15, -0.1) is 0 Å². The molecular weight excluding hydrogens is 282 g/mol. The van der Waals surface area contributed by atoms with Gasteiger partial charge in [0.15, 0.2) is 5.82 Å². The molecule has 0 aliphatic heterocycles. The molecule has 0 bridgehead atoms. The second-order valence-corrected chi connectivity index (χ2v) is 7.89. The first-order valence-corrected chi connectivity index (χ1v) is 9.51. The molecule has 0 atom stereocenters. The van der Waals surface area contributed by atoms with Gasteiger partial charge in [-0.3, -0.25) is 0 Å². The lowest BCUT2D eigenvalue weighted by atomic mass is 9.97. The van der Waals surface area contributed by atoms with E-state index in [1.165, 1.54) is 50.7 Å². The molecule has 2 fully saturated rings. The molecule has 0 radical (unpaired) electrons. The summed E-state index contributed by atoms with van der Waals surface area (Å²) in [5, 5.41) is 8.84. The third-order valence-electron chi connectivity index (χ3n) is 4.88. The number of hydrogen-bond acceptors (Lipinski definition) is 5. The van der Waals surface area contributed by atoms with E-state index in [1.807, 2.05) is 6.92 Å². The van der Waals surface area contributed by atoms with Crippen molar-refractivity contribution < 1.29 is 4.52 Å². The normalized spacial score (nSPS) is 22.7. The number of hydrogen-bond donors (Lipinski definition) is 1. The molecule has 5 heteroatoms. The van der Waals surface area contributed by atoms with E-state index >= 15 is 0 Å². The number of rotatable bonds is 6. The highest BCUT2D eigenvalue weighted by atomic mass is 32.2. The Morgan fingerprint density at radius 1 is 1.19 bits per heavy atom. The minimum Gasteiger partial charge on any atom is -0.340 e. The lowest BCUT2D eigenvalue weighted by Crippen LogP contribution is -2.42. The highest BCUT2D eigenvalue weighted by Gasteiger charge is 2.39. The topological polar surface area (TPSA) is 51.0 Å². The van der Waals surface area contributed by atoms with Gasteiger partial charge in [0.25, 0.3) is 0 Å². The maximum atomic E-state index is 5.20. The molecule has 0 saturated heterocycles. The van der Waals surface area contributed by atoms with Crippen molar-refractivity contribution in [2.24, 2.45) is 0 Å². The summed E-state index contributed by atoms with van der Waals surface area (Å²) in [6.45, 7) is 2.92. The van der Waals surface area contributed by atoms with Crippen molar-refractivity contribution in [3.8, 4) is 0 Å². The number of aryl methyl sites for hydroxylation is 1. The Morgan fingerprint density at radius 3 is 2.62 bits per heavy atom. The fourth-order valence-electron chi connectivity index (χ4n) is 3.70. The summed E-state index contributed by atoms with van der Waals surface area (Å²) in [6, 6.07) is 0. The van der Waals surface area contributed by atoms with Crippen LogP contribution in [-0.2, 0) is 5.54 Å². The first-order valence-electron chi connectivity index (χ1n) is 8.46. The van der Waals surface area contributed by atoms with Crippen LogP contribution in [0.2, 0.25) is 0 Å². The van der Waals surface area contributed by atoms with E-state index in [9.17, 15) is 0 Å².